The van der Waals surface area contributed by atoms with Gasteiger partial charge in [-0.2, -0.15) is 0 Å². The van der Waals surface area contributed by atoms with E-state index in [1.165, 1.54) is 0 Å². The summed E-state index contributed by atoms with van der Waals surface area (Å²) < 4.78 is 10.1. The van der Waals surface area contributed by atoms with Crippen LogP contribution >= 0.6 is 0 Å². The number of furan rings is 1. The lowest BCUT2D eigenvalue weighted by molar-refractivity contribution is -0.125. The summed E-state index contributed by atoms with van der Waals surface area (Å²) in [6, 6.07) is 4.66. The van der Waals surface area contributed by atoms with Crippen molar-refractivity contribution in [2.45, 2.75) is 32.4 Å². The molecule has 0 aliphatic carbocycles. The Hall–Kier alpha value is -2.57. The van der Waals surface area contributed by atoms with E-state index in [2.05, 4.69) is 10.5 Å². The Morgan fingerprint density at radius 2 is 2.36 bits per heavy atom. The van der Waals surface area contributed by atoms with Gasteiger partial charge in [-0.3, -0.25) is 9.59 Å². The SMILES string of the molecule is Cc1cc(C(=O)N2CCCC2C(=O)NCc2ccco2)no1. The average Bonchev–Trinajstić information content (AvgIpc) is 3.24. The third-order valence-electron chi connectivity index (χ3n) is 3.68. The van der Waals surface area contributed by atoms with Crippen molar-refractivity contribution in [1.29, 1.82) is 0 Å². The van der Waals surface area contributed by atoms with E-state index >= 15 is 0 Å². The number of rotatable bonds is 4. The second-order valence-corrected chi connectivity index (χ2v) is 5.28. The highest BCUT2D eigenvalue weighted by atomic mass is 16.5. The summed E-state index contributed by atoms with van der Waals surface area (Å²) in [6.07, 6.45) is 2.99. The van der Waals surface area contributed by atoms with Crippen LogP contribution < -0.4 is 5.32 Å². The highest BCUT2D eigenvalue weighted by Crippen LogP contribution is 2.20. The molecule has 1 fully saturated rings. The molecule has 3 rings (SSSR count). The molecule has 0 spiro atoms. The summed E-state index contributed by atoms with van der Waals surface area (Å²) in [5, 5.41) is 6.53. The Bertz CT molecular complexity index is 662. The van der Waals surface area contributed by atoms with Gasteiger partial charge in [0.15, 0.2) is 5.69 Å². The van der Waals surface area contributed by atoms with Gasteiger partial charge < -0.3 is 19.2 Å². The lowest BCUT2D eigenvalue weighted by Gasteiger charge is -2.22. The molecule has 0 radical (unpaired) electrons. The highest BCUT2D eigenvalue weighted by molar-refractivity contribution is 5.96. The Kier molecular flexibility index (Phi) is 3.95. The first-order valence-electron chi connectivity index (χ1n) is 7.19. The monoisotopic (exact) mass is 303 g/mol. The van der Waals surface area contributed by atoms with Gasteiger partial charge in [0, 0.05) is 12.6 Å². The van der Waals surface area contributed by atoms with Gasteiger partial charge in [0.1, 0.15) is 17.6 Å². The normalized spacial score (nSPS) is 17.7. The van der Waals surface area contributed by atoms with E-state index < -0.39 is 6.04 Å². The fourth-order valence-corrected chi connectivity index (χ4v) is 2.60. The Morgan fingerprint density at radius 1 is 1.50 bits per heavy atom. The molecule has 116 valence electrons. The van der Waals surface area contributed by atoms with Gasteiger partial charge in [0.05, 0.1) is 12.8 Å². The summed E-state index contributed by atoms with van der Waals surface area (Å²) >= 11 is 0. The van der Waals surface area contributed by atoms with Crippen molar-refractivity contribution < 1.29 is 18.5 Å². The lowest BCUT2D eigenvalue weighted by atomic mass is 10.2. The average molecular weight is 303 g/mol. The maximum atomic E-state index is 12.4. The Morgan fingerprint density at radius 3 is 3.05 bits per heavy atom. The Balaban J connectivity index is 1.64. The minimum absolute atomic E-state index is 0.178. The van der Waals surface area contributed by atoms with Gasteiger partial charge >= 0.3 is 0 Å². The van der Waals surface area contributed by atoms with Gasteiger partial charge in [-0.15, -0.1) is 0 Å². The van der Waals surface area contributed by atoms with Crippen LogP contribution in [0.3, 0.4) is 0 Å². The minimum atomic E-state index is -0.473. The molecule has 22 heavy (non-hydrogen) atoms. The standard InChI is InChI=1S/C15H17N3O4/c1-10-8-12(17-22-10)15(20)18-6-2-5-13(18)14(19)16-9-11-4-3-7-21-11/h3-4,7-8,13H,2,5-6,9H2,1H3,(H,16,19). The van der Waals surface area contributed by atoms with E-state index in [1.807, 2.05) is 0 Å². The molecule has 1 atom stereocenters. The van der Waals surface area contributed by atoms with Crippen molar-refractivity contribution >= 4 is 11.8 Å². The van der Waals surface area contributed by atoms with Gasteiger partial charge in [0.25, 0.3) is 5.91 Å². The largest absolute Gasteiger partial charge is 0.467 e. The first-order valence-corrected chi connectivity index (χ1v) is 7.19. The van der Waals surface area contributed by atoms with E-state index in [0.717, 1.165) is 6.42 Å². The van der Waals surface area contributed by atoms with Crippen LogP contribution in [0.15, 0.2) is 33.4 Å². The highest BCUT2D eigenvalue weighted by Gasteiger charge is 2.35. The van der Waals surface area contributed by atoms with Crippen molar-refractivity contribution in [3.63, 3.8) is 0 Å². The number of nitrogens with one attached hydrogen (secondary N) is 1. The summed E-state index contributed by atoms with van der Waals surface area (Å²) in [5.41, 5.74) is 0.239. The zero-order chi connectivity index (χ0) is 15.5. The third kappa shape index (κ3) is 2.88. The molecular weight excluding hydrogens is 286 g/mol. The van der Waals surface area contributed by atoms with Crippen LogP contribution in [0.1, 0.15) is 34.9 Å². The molecule has 0 aromatic carbocycles. The fourth-order valence-electron chi connectivity index (χ4n) is 2.60. The summed E-state index contributed by atoms with van der Waals surface area (Å²) in [4.78, 5) is 26.3. The number of aryl methyl sites for hydroxylation is 1. The van der Waals surface area contributed by atoms with Crippen LogP contribution in [0.25, 0.3) is 0 Å². The number of carbonyl (C=O) groups excluding carboxylic acids is 2. The molecule has 0 bridgehead atoms. The van der Waals surface area contributed by atoms with E-state index in [0.29, 0.717) is 31.0 Å². The number of likely N-dealkylation sites (tertiary alicyclic amines) is 1. The van der Waals surface area contributed by atoms with Crippen LogP contribution in [0.5, 0.6) is 0 Å². The molecule has 1 aliphatic heterocycles. The molecule has 2 aromatic heterocycles. The van der Waals surface area contributed by atoms with Gasteiger partial charge in [-0.05, 0) is 31.9 Å². The summed E-state index contributed by atoms with van der Waals surface area (Å²) in [6.45, 7) is 2.58. The van der Waals surface area contributed by atoms with Crippen molar-refractivity contribution in [2.75, 3.05) is 6.54 Å². The summed E-state index contributed by atoms with van der Waals surface area (Å²) in [7, 11) is 0. The van der Waals surface area contributed by atoms with Crippen molar-refractivity contribution in [1.82, 2.24) is 15.4 Å². The van der Waals surface area contributed by atoms with Gasteiger partial charge in [0.2, 0.25) is 5.91 Å². The smallest absolute Gasteiger partial charge is 0.276 e. The predicted molar refractivity (Wildman–Crippen MR) is 75.9 cm³/mol. The molecular formula is C15H17N3O4. The summed E-state index contributed by atoms with van der Waals surface area (Å²) in [5.74, 6) is 0.799. The molecule has 1 saturated heterocycles. The van der Waals surface area contributed by atoms with Crippen molar-refractivity contribution in [2.24, 2.45) is 0 Å². The van der Waals surface area contributed by atoms with Crippen LogP contribution in [-0.4, -0.2) is 34.5 Å². The Labute approximate surface area is 127 Å². The fraction of sp³-hybridized carbons (Fsp3) is 0.400. The molecule has 1 unspecified atom stereocenters. The number of nitrogens with zero attached hydrogens (tertiary/aromatic N) is 2. The molecule has 1 N–H and O–H groups in total. The van der Waals surface area contributed by atoms with Crippen LogP contribution in [0.4, 0.5) is 0 Å². The number of aromatic nitrogens is 1. The molecule has 3 heterocycles. The number of amides is 2. The first kappa shape index (κ1) is 14.4. The second kappa shape index (κ2) is 6.05. The predicted octanol–water partition coefficient (Wildman–Crippen LogP) is 1.50. The zero-order valence-corrected chi connectivity index (χ0v) is 12.2. The lowest BCUT2D eigenvalue weighted by Crippen LogP contribution is -2.45. The first-order chi connectivity index (χ1) is 10.6. The number of hydrogen-bond donors (Lipinski definition) is 1. The third-order valence-corrected chi connectivity index (χ3v) is 3.68. The molecule has 0 saturated carbocycles. The quantitative estimate of drug-likeness (QED) is 0.924. The van der Waals surface area contributed by atoms with Crippen LogP contribution in [-0.2, 0) is 11.3 Å². The number of hydrogen-bond acceptors (Lipinski definition) is 5. The second-order valence-electron chi connectivity index (χ2n) is 5.28. The molecule has 7 heteroatoms. The van der Waals surface area contributed by atoms with Gasteiger partial charge in [-0.25, -0.2) is 0 Å². The van der Waals surface area contributed by atoms with Gasteiger partial charge in [-0.1, -0.05) is 5.16 Å². The maximum absolute atomic E-state index is 12.4. The van der Waals surface area contributed by atoms with Crippen LogP contribution in [0, 0.1) is 6.92 Å². The molecule has 1 aliphatic rings. The van der Waals surface area contributed by atoms with Crippen LogP contribution in [0.2, 0.25) is 0 Å². The molecule has 2 amide bonds. The van der Waals surface area contributed by atoms with E-state index in [1.54, 1.807) is 36.3 Å². The van der Waals surface area contributed by atoms with Crippen molar-refractivity contribution in [3.05, 3.63) is 41.7 Å². The molecule has 7 nitrogen and oxygen atoms in total. The van der Waals surface area contributed by atoms with E-state index in [9.17, 15) is 9.59 Å². The molecule has 2 aromatic rings. The zero-order valence-electron chi connectivity index (χ0n) is 12.2. The van der Waals surface area contributed by atoms with E-state index in [4.69, 9.17) is 8.94 Å². The van der Waals surface area contributed by atoms with Crippen molar-refractivity contribution in [3.8, 4) is 0 Å². The van der Waals surface area contributed by atoms with E-state index in [-0.39, 0.29) is 17.5 Å². The number of carbonyl (C=O) groups is 2. The maximum Gasteiger partial charge on any atom is 0.276 e. The topological polar surface area (TPSA) is 88.6 Å². The minimum Gasteiger partial charge on any atom is -0.467 e.